The summed E-state index contributed by atoms with van der Waals surface area (Å²) in [6.45, 7) is 4.14. The van der Waals surface area contributed by atoms with Crippen molar-refractivity contribution in [2.45, 2.75) is 13.8 Å². The summed E-state index contributed by atoms with van der Waals surface area (Å²) in [6, 6.07) is 1.15. The largest absolute Gasteiger partial charge is 0.473 e. The number of ether oxygens (including phenoxy) is 1. The molecule has 0 saturated heterocycles. The maximum absolute atomic E-state index is 10.9. The molecule has 0 bridgehead atoms. The molecule has 0 fully saturated rings. The number of oxime groups is 1. The van der Waals surface area contributed by atoms with Crippen molar-refractivity contribution in [2.24, 2.45) is 16.8 Å². The molecule has 3 N–H and O–H groups in total. The van der Waals surface area contributed by atoms with Crippen molar-refractivity contribution < 1.29 is 14.9 Å². The van der Waals surface area contributed by atoms with Crippen LogP contribution in [0, 0.1) is 16.0 Å². The third kappa shape index (κ3) is 3.30. The first-order chi connectivity index (χ1) is 8.45. The van der Waals surface area contributed by atoms with Crippen LogP contribution in [0.1, 0.15) is 19.4 Å². The molecule has 0 unspecified atom stereocenters. The minimum Gasteiger partial charge on any atom is -0.473 e. The third-order valence-corrected chi connectivity index (χ3v) is 1.99. The van der Waals surface area contributed by atoms with E-state index in [4.69, 9.17) is 15.7 Å². The Morgan fingerprint density at radius 1 is 1.72 bits per heavy atom. The van der Waals surface area contributed by atoms with E-state index >= 15 is 0 Å². The molecule has 0 atom stereocenters. The normalized spacial score (nSPS) is 11.6. The van der Waals surface area contributed by atoms with E-state index in [9.17, 15) is 10.1 Å². The highest BCUT2D eigenvalue weighted by atomic mass is 16.6. The number of aromatic nitrogens is 1. The van der Waals surface area contributed by atoms with Gasteiger partial charge in [0.1, 0.15) is 0 Å². The SMILES string of the molecule is CC(C)COc1ncc(C(N)=NO)cc1[N+](=O)[O-]. The average Bonchev–Trinajstić information content (AvgIpc) is 2.34. The number of nitrogens with two attached hydrogens (primary N) is 1. The third-order valence-electron chi connectivity index (χ3n) is 1.99. The number of hydrogen-bond acceptors (Lipinski definition) is 6. The molecular weight excluding hydrogens is 240 g/mol. The monoisotopic (exact) mass is 254 g/mol. The molecule has 0 spiro atoms. The van der Waals surface area contributed by atoms with Gasteiger partial charge in [-0.3, -0.25) is 10.1 Å². The van der Waals surface area contributed by atoms with Crippen LogP contribution in [0.15, 0.2) is 17.4 Å². The van der Waals surface area contributed by atoms with Gasteiger partial charge in [0.05, 0.1) is 11.5 Å². The highest BCUT2D eigenvalue weighted by Crippen LogP contribution is 2.25. The van der Waals surface area contributed by atoms with Gasteiger partial charge in [0.15, 0.2) is 5.84 Å². The molecule has 0 radical (unpaired) electrons. The second-order valence-corrected chi connectivity index (χ2v) is 4.00. The summed E-state index contributed by atoms with van der Waals surface area (Å²) < 4.78 is 5.23. The topological polar surface area (TPSA) is 124 Å². The number of nitrogens with zero attached hydrogens (tertiary/aromatic N) is 3. The van der Waals surface area contributed by atoms with Crippen molar-refractivity contribution >= 4 is 11.5 Å². The molecule has 98 valence electrons. The van der Waals surface area contributed by atoms with Crippen molar-refractivity contribution in [3.8, 4) is 5.88 Å². The Morgan fingerprint density at radius 2 is 2.39 bits per heavy atom. The molecule has 8 nitrogen and oxygen atoms in total. The van der Waals surface area contributed by atoms with E-state index in [0.29, 0.717) is 6.61 Å². The molecule has 0 aliphatic heterocycles. The van der Waals surface area contributed by atoms with Gasteiger partial charge in [-0.15, -0.1) is 0 Å². The highest BCUT2D eigenvalue weighted by Gasteiger charge is 2.19. The molecule has 8 heteroatoms. The van der Waals surface area contributed by atoms with Crippen LogP contribution in [0.4, 0.5) is 5.69 Å². The van der Waals surface area contributed by atoms with Crippen LogP contribution in [0.25, 0.3) is 0 Å². The molecule has 1 aromatic heterocycles. The van der Waals surface area contributed by atoms with E-state index in [-0.39, 0.29) is 28.9 Å². The van der Waals surface area contributed by atoms with Crippen LogP contribution >= 0.6 is 0 Å². The predicted molar refractivity (Wildman–Crippen MR) is 63.7 cm³/mol. The lowest BCUT2D eigenvalue weighted by Crippen LogP contribution is -2.14. The molecule has 0 aliphatic rings. The quantitative estimate of drug-likeness (QED) is 0.267. The Bertz CT molecular complexity index is 473. The molecule has 0 aromatic carbocycles. The fourth-order valence-electron chi connectivity index (χ4n) is 1.13. The van der Waals surface area contributed by atoms with Crippen molar-refractivity contribution in [3.63, 3.8) is 0 Å². The van der Waals surface area contributed by atoms with Crippen molar-refractivity contribution in [2.75, 3.05) is 6.61 Å². The van der Waals surface area contributed by atoms with Crippen LogP contribution in [0.5, 0.6) is 5.88 Å². The molecule has 0 saturated carbocycles. The minimum absolute atomic E-state index is 0.0804. The first-order valence-electron chi connectivity index (χ1n) is 5.20. The minimum atomic E-state index is -0.628. The number of hydrogen-bond donors (Lipinski definition) is 2. The van der Waals surface area contributed by atoms with Crippen LogP contribution < -0.4 is 10.5 Å². The fourth-order valence-corrected chi connectivity index (χ4v) is 1.13. The van der Waals surface area contributed by atoms with E-state index in [1.54, 1.807) is 0 Å². The Labute approximate surface area is 103 Å². The molecule has 18 heavy (non-hydrogen) atoms. The van der Waals surface area contributed by atoms with E-state index < -0.39 is 4.92 Å². The predicted octanol–water partition coefficient (Wildman–Crippen LogP) is 1.12. The summed E-state index contributed by atoms with van der Waals surface area (Å²) >= 11 is 0. The van der Waals surface area contributed by atoms with Crippen LogP contribution in [-0.2, 0) is 0 Å². The van der Waals surface area contributed by atoms with Crippen LogP contribution in [0.3, 0.4) is 0 Å². The first-order valence-corrected chi connectivity index (χ1v) is 5.20. The van der Waals surface area contributed by atoms with E-state index in [1.165, 1.54) is 6.20 Å². The lowest BCUT2D eigenvalue weighted by Gasteiger charge is -2.08. The van der Waals surface area contributed by atoms with Crippen molar-refractivity contribution in [1.29, 1.82) is 0 Å². The second-order valence-electron chi connectivity index (χ2n) is 4.00. The van der Waals surface area contributed by atoms with Gasteiger partial charge >= 0.3 is 5.69 Å². The summed E-state index contributed by atoms with van der Waals surface area (Å²) in [6.07, 6.45) is 1.25. The van der Waals surface area contributed by atoms with Crippen LogP contribution in [-0.4, -0.2) is 27.6 Å². The summed E-state index contributed by atoms with van der Waals surface area (Å²) in [4.78, 5) is 14.0. The number of nitro groups is 1. The lowest BCUT2D eigenvalue weighted by molar-refractivity contribution is -0.386. The maximum atomic E-state index is 10.9. The van der Waals surface area contributed by atoms with Gasteiger partial charge < -0.3 is 15.7 Å². The van der Waals surface area contributed by atoms with Gasteiger partial charge in [0, 0.05) is 17.8 Å². The summed E-state index contributed by atoms with van der Waals surface area (Å²) in [5, 5.41) is 22.1. The molecule has 0 aliphatic carbocycles. The average molecular weight is 254 g/mol. The van der Waals surface area contributed by atoms with E-state index in [2.05, 4.69) is 10.1 Å². The maximum Gasteiger partial charge on any atom is 0.331 e. The van der Waals surface area contributed by atoms with Crippen molar-refractivity contribution in [1.82, 2.24) is 4.98 Å². The molecule has 0 amide bonds. The number of pyridine rings is 1. The standard InChI is InChI=1S/C10H14N4O4/c1-6(2)5-18-10-8(14(16)17)3-7(4-12-10)9(11)13-15/h3-4,6,15H,5H2,1-2H3,(H2,11,13). The highest BCUT2D eigenvalue weighted by molar-refractivity contribution is 5.97. The number of amidine groups is 1. The van der Waals surface area contributed by atoms with Gasteiger partial charge in [-0.25, -0.2) is 4.98 Å². The van der Waals surface area contributed by atoms with Crippen molar-refractivity contribution in [3.05, 3.63) is 27.9 Å². The second kappa shape index (κ2) is 5.80. The van der Waals surface area contributed by atoms with Crippen LogP contribution in [0.2, 0.25) is 0 Å². The van der Waals surface area contributed by atoms with Gasteiger partial charge in [-0.05, 0) is 5.92 Å². The Morgan fingerprint density at radius 3 is 2.89 bits per heavy atom. The van der Waals surface area contributed by atoms with Gasteiger partial charge in [-0.2, -0.15) is 0 Å². The number of rotatable bonds is 5. The summed E-state index contributed by atoms with van der Waals surface area (Å²) in [5.41, 5.74) is 5.17. The lowest BCUT2D eigenvalue weighted by atomic mass is 10.2. The zero-order valence-corrected chi connectivity index (χ0v) is 10.0. The smallest absolute Gasteiger partial charge is 0.331 e. The Hall–Kier alpha value is -2.38. The van der Waals surface area contributed by atoms with Gasteiger partial charge in [0.25, 0.3) is 5.88 Å². The molecular formula is C10H14N4O4. The first kappa shape index (κ1) is 13.7. The van der Waals surface area contributed by atoms with Gasteiger partial charge in [-0.1, -0.05) is 19.0 Å². The fraction of sp³-hybridized carbons (Fsp3) is 0.400. The van der Waals surface area contributed by atoms with Gasteiger partial charge in [0.2, 0.25) is 0 Å². The van der Waals surface area contributed by atoms with E-state index in [0.717, 1.165) is 6.07 Å². The summed E-state index contributed by atoms with van der Waals surface area (Å²) in [5.74, 6) is -0.112. The zero-order valence-electron chi connectivity index (χ0n) is 10.0. The Balaban J connectivity index is 3.09. The zero-order chi connectivity index (χ0) is 13.7. The Kier molecular flexibility index (Phi) is 4.41. The molecule has 1 heterocycles. The summed E-state index contributed by atoms with van der Waals surface area (Å²) in [7, 11) is 0. The van der Waals surface area contributed by atoms with E-state index in [1.807, 2.05) is 13.8 Å². The molecule has 1 rings (SSSR count). The molecule has 1 aromatic rings.